The van der Waals surface area contributed by atoms with Crippen molar-refractivity contribution in [3.8, 4) is 0 Å². The van der Waals surface area contributed by atoms with Gasteiger partial charge in [0.15, 0.2) is 12.5 Å². The van der Waals surface area contributed by atoms with Crippen molar-refractivity contribution in [1.82, 2.24) is 33.3 Å². The third-order valence-electron chi connectivity index (χ3n) is 6.86. The van der Waals surface area contributed by atoms with Gasteiger partial charge in [-0.2, -0.15) is 0 Å². The molecule has 22 nitrogen and oxygen atoms in total. The standard InChI is InChI=1S/C27H41N3O16P2.3H3N/c1-5-10-40-13-18-23(41-11-6-2)24(42-12-7-3)20(28-16(4)31)26(45-18)46-48(38,39)15-47(36,37)43-14-17-21(33)22(34)25(44-17)30-9-8-19(32)29-27(30)35;;;/h5-9,17-18,20-26,33-34H,1-3,10-15H2,4H3,(H,28,31)(H,36,37)(H,38,39)(H,29,32,35);3*1H3/p+1/t17-,18-,20-,21-,22-,23-,24-,25-,26-;;;/m1.../s1. The van der Waals surface area contributed by atoms with Crippen LogP contribution < -0.4 is 44.8 Å². The van der Waals surface area contributed by atoms with E-state index in [1.807, 2.05) is 4.98 Å². The lowest BCUT2D eigenvalue weighted by Gasteiger charge is -2.47. The summed E-state index contributed by atoms with van der Waals surface area (Å²) in [6, 6.07) is -0.393. The molecule has 2 aliphatic rings. The molecule has 0 spiro atoms. The van der Waals surface area contributed by atoms with Crippen molar-refractivity contribution in [1.29, 1.82) is 0 Å². The highest BCUT2D eigenvalue weighted by molar-refractivity contribution is 7.69. The molecular weight excluding hydrogens is 726 g/mol. The number of aliphatic hydroxyl groups excluding tert-OH is 2. The molecule has 3 rings (SSSR count). The van der Waals surface area contributed by atoms with Crippen LogP contribution in [0.2, 0.25) is 0 Å². The van der Waals surface area contributed by atoms with E-state index < -0.39 is 100 Å². The van der Waals surface area contributed by atoms with Crippen LogP contribution in [-0.2, 0) is 46.7 Å². The number of hydrogen-bond acceptors (Lipinski definition) is 16. The molecule has 1 aromatic heterocycles. The van der Waals surface area contributed by atoms with E-state index >= 15 is 0 Å². The largest absolute Gasteiger partial charge is 0.778 e. The minimum Gasteiger partial charge on any atom is -0.778 e. The number of nitrogens with zero attached hydrogens (tertiary/aromatic N) is 1. The van der Waals surface area contributed by atoms with Crippen LogP contribution in [0.3, 0.4) is 0 Å². The second-order valence-corrected chi connectivity index (χ2v) is 14.6. The zero-order valence-corrected chi connectivity index (χ0v) is 30.7. The summed E-state index contributed by atoms with van der Waals surface area (Å²) in [6.07, 6.45) is -6.29. The van der Waals surface area contributed by atoms with Crippen LogP contribution in [0.25, 0.3) is 0 Å². The van der Waals surface area contributed by atoms with E-state index in [1.165, 1.54) is 18.2 Å². The highest BCUT2D eigenvalue weighted by Gasteiger charge is 2.50. The van der Waals surface area contributed by atoms with Gasteiger partial charge in [0.05, 0.1) is 38.9 Å². The molecule has 2 saturated heterocycles. The van der Waals surface area contributed by atoms with Crippen molar-refractivity contribution in [2.75, 3.05) is 38.9 Å². The van der Waals surface area contributed by atoms with E-state index in [0.717, 1.165) is 23.8 Å². The van der Waals surface area contributed by atoms with E-state index in [4.69, 9.17) is 32.7 Å². The van der Waals surface area contributed by atoms with Gasteiger partial charge in [-0.25, -0.2) is 4.79 Å². The summed E-state index contributed by atoms with van der Waals surface area (Å²) >= 11 is 0. The van der Waals surface area contributed by atoms with Gasteiger partial charge in [0.2, 0.25) is 5.91 Å². The molecule has 294 valence electrons. The second kappa shape index (κ2) is 21.7. The van der Waals surface area contributed by atoms with Crippen molar-refractivity contribution in [3.05, 3.63) is 71.1 Å². The maximum absolute atomic E-state index is 13.1. The number of aliphatic hydroxyl groups is 2. The fourth-order valence-corrected chi connectivity index (χ4v) is 8.06. The summed E-state index contributed by atoms with van der Waals surface area (Å²) in [5, 5.41) is 23.2. The Morgan fingerprint density at radius 1 is 0.961 bits per heavy atom. The van der Waals surface area contributed by atoms with Crippen LogP contribution in [0.15, 0.2) is 59.8 Å². The zero-order chi connectivity index (χ0) is 35.6. The van der Waals surface area contributed by atoms with Crippen LogP contribution in [0.4, 0.5) is 0 Å². The van der Waals surface area contributed by atoms with Crippen LogP contribution in [0.1, 0.15) is 13.2 Å². The molecule has 16 N–H and O–H groups in total. The van der Waals surface area contributed by atoms with Gasteiger partial charge in [0, 0.05) is 19.2 Å². The number of aromatic nitrogens is 2. The highest BCUT2D eigenvalue weighted by Crippen LogP contribution is 2.55. The maximum atomic E-state index is 13.1. The molecule has 2 aliphatic heterocycles. The number of hydrogen-bond donors (Lipinski definition) is 7. The molecule has 0 aliphatic carbocycles. The lowest BCUT2D eigenvalue weighted by Crippen LogP contribution is -2.66. The minimum absolute atomic E-state index is 0. The molecule has 0 bridgehead atoms. The van der Waals surface area contributed by atoms with Gasteiger partial charge in [-0.3, -0.25) is 19.1 Å². The number of quaternary nitrogens is 3. The zero-order valence-electron chi connectivity index (χ0n) is 28.9. The number of aromatic amines is 1. The Morgan fingerprint density at radius 2 is 1.57 bits per heavy atom. The normalized spacial score (nSPS) is 29.5. The summed E-state index contributed by atoms with van der Waals surface area (Å²) in [6.45, 7) is 10.8. The molecule has 3 heterocycles. The van der Waals surface area contributed by atoms with E-state index in [9.17, 15) is 43.5 Å². The summed E-state index contributed by atoms with van der Waals surface area (Å²) in [7, 11) is -10.8. The Bertz CT molecular complexity index is 1500. The molecule has 24 heteroatoms. The molecule has 0 aromatic carbocycles. The van der Waals surface area contributed by atoms with Crippen molar-refractivity contribution >= 4 is 21.1 Å². The molecule has 1 amide bonds. The Hall–Kier alpha value is -2.73. The number of amides is 1. The Morgan fingerprint density at radius 3 is 2.14 bits per heavy atom. The van der Waals surface area contributed by atoms with E-state index in [-0.39, 0.29) is 44.9 Å². The van der Waals surface area contributed by atoms with Gasteiger partial charge < -0.3 is 85.6 Å². The highest BCUT2D eigenvalue weighted by atomic mass is 31.2. The van der Waals surface area contributed by atoms with E-state index in [2.05, 4.69) is 25.1 Å². The lowest BCUT2D eigenvalue weighted by atomic mass is 9.96. The van der Waals surface area contributed by atoms with Crippen molar-refractivity contribution in [2.24, 2.45) is 0 Å². The van der Waals surface area contributed by atoms with Crippen LogP contribution in [-0.4, -0.2) is 114 Å². The number of nitrogens with one attached hydrogen (secondary N) is 2. The fraction of sp³-hybridized carbons (Fsp3) is 0.593. The summed E-state index contributed by atoms with van der Waals surface area (Å²) < 4.78 is 65.1. The first-order valence-corrected chi connectivity index (χ1v) is 17.9. The monoisotopic (exact) mass is 777 g/mol. The maximum Gasteiger partial charge on any atom is 0.330 e. The van der Waals surface area contributed by atoms with Crippen molar-refractivity contribution < 1.29 is 66.7 Å². The molecule has 2 unspecified atom stereocenters. The fourth-order valence-electron chi connectivity index (χ4n) is 4.90. The third-order valence-corrected chi connectivity index (χ3v) is 10.7. The van der Waals surface area contributed by atoms with Gasteiger partial charge in [-0.05, 0) is 0 Å². The average molecular weight is 778 g/mol. The number of ether oxygens (including phenoxy) is 5. The SMILES string of the molecule is C=CCOC[C@H]1O[C@H](OP(=O)([O-])CP(=O)([O-])OC[C@H]2O[C@@H](n3ccc(=O)[nH]c3=O)[C@H](O)[C@@H]2O)[C@H](NC(C)=O)[C@@H](OCC=C)[C@@H]1OCC=C.[NH4+].[NH4+].[NH4+]. The van der Waals surface area contributed by atoms with E-state index in [0.29, 0.717) is 0 Å². The van der Waals surface area contributed by atoms with Gasteiger partial charge in [0.1, 0.15) is 57.9 Å². The number of carbonyl (C=O) groups excluding carboxylic acids is 1. The van der Waals surface area contributed by atoms with Gasteiger partial charge in [0.25, 0.3) is 5.56 Å². The predicted octanol–water partition coefficient (Wildman–Crippen LogP) is -1.04. The summed E-state index contributed by atoms with van der Waals surface area (Å²) in [5.41, 5.74) is -1.72. The first-order chi connectivity index (χ1) is 22.6. The number of rotatable bonds is 19. The molecule has 2 fully saturated rings. The first kappa shape index (κ1) is 48.3. The van der Waals surface area contributed by atoms with Gasteiger partial charge >= 0.3 is 5.69 Å². The molecule has 51 heavy (non-hydrogen) atoms. The molecule has 1 aromatic rings. The lowest BCUT2D eigenvalue weighted by molar-refractivity contribution is -0.281. The van der Waals surface area contributed by atoms with Gasteiger partial charge in [-0.15, -0.1) is 19.7 Å². The number of H-pyrrole nitrogens is 1. The molecule has 11 atom stereocenters. The van der Waals surface area contributed by atoms with Crippen molar-refractivity contribution in [3.63, 3.8) is 0 Å². The van der Waals surface area contributed by atoms with Crippen molar-refractivity contribution in [2.45, 2.75) is 62.1 Å². The average Bonchev–Trinajstić information content (AvgIpc) is 3.27. The van der Waals surface area contributed by atoms with E-state index in [1.54, 1.807) is 0 Å². The molecule has 0 radical (unpaired) electrons. The Labute approximate surface area is 293 Å². The van der Waals surface area contributed by atoms with Crippen LogP contribution in [0, 0.1) is 0 Å². The molecule has 0 saturated carbocycles. The van der Waals surface area contributed by atoms with Crippen LogP contribution >= 0.6 is 15.2 Å². The third kappa shape index (κ3) is 13.6. The Kier molecular flexibility index (Phi) is 20.6. The summed E-state index contributed by atoms with van der Waals surface area (Å²) in [4.78, 5) is 63.5. The molecular formula is C27H51N6O16P2+. The predicted molar refractivity (Wildman–Crippen MR) is 179 cm³/mol. The number of carbonyl (C=O) groups is 1. The summed E-state index contributed by atoms with van der Waals surface area (Å²) in [5.74, 6) is -2.33. The topological polar surface area (TPSA) is 379 Å². The smallest absolute Gasteiger partial charge is 0.330 e. The first-order valence-electron chi connectivity index (χ1n) is 14.4. The minimum atomic E-state index is -5.42. The quantitative estimate of drug-likeness (QED) is 0.0501. The van der Waals surface area contributed by atoms with Gasteiger partial charge in [-0.1, -0.05) is 18.2 Å². The van der Waals surface area contributed by atoms with Crippen LogP contribution in [0.5, 0.6) is 0 Å². The Balaban J connectivity index is 0.00000833. The second-order valence-electron chi connectivity index (χ2n) is 10.6.